The van der Waals surface area contributed by atoms with Gasteiger partial charge in [-0.1, -0.05) is 0 Å². The van der Waals surface area contributed by atoms with E-state index < -0.39 is 23.3 Å². The first-order chi connectivity index (χ1) is 13.6. The number of carbonyl (C=O) groups is 2. The summed E-state index contributed by atoms with van der Waals surface area (Å²) in [5.74, 6) is -1.62. The molecule has 0 fully saturated rings. The number of rotatable bonds is 2. The van der Waals surface area contributed by atoms with E-state index in [4.69, 9.17) is 0 Å². The van der Waals surface area contributed by atoms with Crippen LogP contribution >= 0.6 is 15.9 Å². The van der Waals surface area contributed by atoms with Gasteiger partial charge in [0.25, 0.3) is 17.4 Å². The van der Waals surface area contributed by atoms with Crippen molar-refractivity contribution in [1.29, 1.82) is 10.5 Å². The molecule has 2 heterocycles. The van der Waals surface area contributed by atoms with Gasteiger partial charge in [-0.05, 0) is 28.9 Å². The van der Waals surface area contributed by atoms with Crippen molar-refractivity contribution < 1.29 is 14.7 Å². The highest BCUT2D eigenvalue weighted by Gasteiger charge is 2.37. The number of carbonyl (C=O) groups excluding carboxylic acids is 2. The van der Waals surface area contributed by atoms with Gasteiger partial charge >= 0.3 is 0 Å². The van der Waals surface area contributed by atoms with Crippen LogP contribution in [0.3, 0.4) is 0 Å². The first-order valence-electron chi connectivity index (χ1n) is 7.99. The lowest BCUT2D eigenvalue weighted by molar-refractivity contribution is 0.0693. The normalized spacial score (nSPS) is 13.0. The summed E-state index contributed by atoms with van der Waals surface area (Å²) in [5, 5.41) is 36.4. The largest absolute Gasteiger partial charge is 0.493 e. The van der Waals surface area contributed by atoms with Crippen LogP contribution in [0.25, 0.3) is 0 Å². The van der Waals surface area contributed by atoms with E-state index in [0.717, 1.165) is 9.47 Å². The zero-order valence-corrected chi connectivity index (χ0v) is 16.9. The van der Waals surface area contributed by atoms with E-state index in [1.165, 1.54) is 27.1 Å². The van der Waals surface area contributed by atoms with Crippen molar-refractivity contribution in [2.75, 3.05) is 7.05 Å². The van der Waals surface area contributed by atoms with Crippen LogP contribution in [0.15, 0.2) is 25.6 Å². The monoisotopic (exact) mass is 454 g/mol. The number of amides is 2. The van der Waals surface area contributed by atoms with Crippen molar-refractivity contribution in [3.63, 3.8) is 0 Å². The first-order valence-corrected chi connectivity index (χ1v) is 8.78. The molecule has 1 N–H and O–H groups in total. The van der Waals surface area contributed by atoms with Crippen LogP contribution in [0.4, 0.5) is 11.4 Å². The summed E-state index contributed by atoms with van der Waals surface area (Å²) < 4.78 is 0.937. The van der Waals surface area contributed by atoms with E-state index in [-0.39, 0.29) is 43.7 Å². The topological polar surface area (TPSA) is 152 Å². The minimum Gasteiger partial charge on any atom is -0.493 e. The van der Waals surface area contributed by atoms with Crippen molar-refractivity contribution in [3.8, 4) is 18.0 Å². The van der Waals surface area contributed by atoms with Gasteiger partial charge in [-0.25, -0.2) is 0 Å². The highest BCUT2D eigenvalue weighted by atomic mass is 79.9. The van der Waals surface area contributed by atoms with E-state index in [9.17, 15) is 30.0 Å². The fourth-order valence-corrected chi connectivity index (χ4v) is 3.54. The maximum atomic E-state index is 12.4. The van der Waals surface area contributed by atoms with Gasteiger partial charge in [0.1, 0.15) is 23.4 Å². The molecule has 144 valence electrons. The minimum atomic E-state index is -0.704. The number of benzene rings is 1. The fraction of sp³-hybridized carbons (Fsp3) is 0.167. The second-order valence-corrected chi connectivity index (χ2v) is 6.93. The molecule has 11 heteroatoms. The third-order valence-electron chi connectivity index (χ3n) is 4.56. The number of nitrogens with zero attached hydrogens (tertiary/aromatic N) is 6. The standard InChI is InChI=1S/C18H11BrN6O4/c1-7-10(6-21)16(27)25(3)18(29)13(7)22-23-14-8(5-20)4-9-11(12(14)19)17(28)24(2)15(9)26/h4,27H,1-3H3. The second kappa shape index (κ2) is 6.96. The number of nitriles is 2. The smallest absolute Gasteiger partial charge is 0.281 e. The van der Waals surface area contributed by atoms with Crippen LogP contribution in [0.5, 0.6) is 5.88 Å². The van der Waals surface area contributed by atoms with Crippen molar-refractivity contribution in [2.24, 2.45) is 17.3 Å². The molecule has 1 aromatic carbocycles. The van der Waals surface area contributed by atoms with E-state index >= 15 is 0 Å². The lowest BCUT2D eigenvalue weighted by atomic mass is 10.0. The van der Waals surface area contributed by atoms with Crippen LogP contribution in [0, 0.1) is 29.6 Å². The molecular weight excluding hydrogens is 444 g/mol. The van der Waals surface area contributed by atoms with Gasteiger partial charge in [0, 0.05) is 19.7 Å². The Morgan fingerprint density at radius 2 is 1.69 bits per heavy atom. The summed E-state index contributed by atoms with van der Waals surface area (Å²) in [6.07, 6.45) is 0. The van der Waals surface area contributed by atoms with Crippen LogP contribution < -0.4 is 5.56 Å². The lowest BCUT2D eigenvalue weighted by Gasteiger charge is -2.09. The fourth-order valence-electron chi connectivity index (χ4n) is 2.86. The Bertz CT molecular complexity index is 1300. The maximum absolute atomic E-state index is 12.4. The summed E-state index contributed by atoms with van der Waals surface area (Å²) in [7, 11) is 2.58. The predicted octanol–water partition coefficient (Wildman–Crippen LogP) is 2.55. The van der Waals surface area contributed by atoms with Gasteiger partial charge in [-0.3, -0.25) is 23.9 Å². The van der Waals surface area contributed by atoms with E-state index in [1.807, 2.05) is 6.07 Å². The highest BCUT2D eigenvalue weighted by Crippen LogP contribution is 2.39. The van der Waals surface area contributed by atoms with Gasteiger partial charge < -0.3 is 5.11 Å². The van der Waals surface area contributed by atoms with Gasteiger partial charge in [0.05, 0.1) is 21.2 Å². The Morgan fingerprint density at radius 1 is 1.07 bits per heavy atom. The first kappa shape index (κ1) is 19.9. The molecule has 0 saturated carbocycles. The number of azo groups is 1. The van der Waals surface area contributed by atoms with Gasteiger partial charge in [-0.15, -0.1) is 10.2 Å². The molecule has 1 aliphatic heterocycles. The van der Waals surface area contributed by atoms with Gasteiger partial charge in [-0.2, -0.15) is 10.5 Å². The Morgan fingerprint density at radius 3 is 2.28 bits per heavy atom. The third-order valence-corrected chi connectivity index (χ3v) is 5.33. The summed E-state index contributed by atoms with van der Waals surface area (Å²) in [6.45, 7) is 1.42. The van der Waals surface area contributed by atoms with Crippen LogP contribution in [0.1, 0.15) is 37.4 Å². The zero-order valence-electron chi connectivity index (χ0n) is 15.3. The Labute approximate surface area is 172 Å². The summed E-state index contributed by atoms with van der Waals surface area (Å²) in [4.78, 5) is 37.8. The summed E-state index contributed by atoms with van der Waals surface area (Å²) in [5.41, 5.74) is -0.931. The number of hydrogen-bond donors (Lipinski definition) is 1. The molecule has 10 nitrogen and oxygen atoms in total. The SMILES string of the molecule is Cc1c(C#N)c(O)n(C)c(=O)c1N=Nc1c(C#N)cc2c(c1Br)C(=O)N(C)C2=O. The van der Waals surface area contributed by atoms with Crippen molar-refractivity contribution in [3.05, 3.63) is 48.7 Å². The van der Waals surface area contributed by atoms with Gasteiger partial charge in [0.15, 0.2) is 5.69 Å². The molecule has 1 aliphatic rings. The molecule has 0 bridgehead atoms. The average Bonchev–Trinajstić information content (AvgIpc) is 2.91. The molecule has 2 amide bonds. The lowest BCUT2D eigenvalue weighted by Crippen LogP contribution is -2.24. The van der Waals surface area contributed by atoms with Crippen LogP contribution in [-0.4, -0.2) is 33.4 Å². The van der Waals surface area contributed by atoms with E-state index in [1.54, 1.807) is 6.07 Å². The number of hydrogen-bond acceptors (Lipinski definition) is 8. The third kappa shape index (κ3) is 2.80. The molecule has 0 radical (unpaired) electrons. The molecule has 2 aromatic rings. The molecule has 0 spiro atoms. The average molecular weight is 455 g/mol. The molecule has 0 atom stereocenters. The quantitative estimate of drug-likeness (QED) is 0.543. The van der Waals surface area contributed by atoms with Crippen LogP contribution in [0.2, 0.25) is 0 Å². The summed E-state index contributed by atoms with van der Waals surface area (Å²) in [6, 6.07) is 4.91. The molecule has 0 unspecified atom stereocenters. The zero-order chi connectivity index (χ0) is 21.6. The second-order valence-electron chi connectivity index (χ2n) is 6.14. The van der Waals surface area contributed by atoms with Gasteiger partial charge in [0.2, 0.25) is 5.88 Å². The number of aromatic hydroxyl groups is 1. The number of imide groups is 1. The Kier molecular flexibility index (Phi) is 4.78. The number of halogens is 1. The number of fused-ring (bicyclic) bond motifs is 1. The molecule has 0 saturated heterocycles. The van der Waals surface area contributed by atoms with E-state index in [2.05, 4.69) is 26.2 Å². The maximum Gasteiger partial charge on any atom is 0.281 e. The van der Waals surface area contributed by atoms with Crippen molar-refractivity contribution >= 4 is 39.1 Å². The Hall–Kier alpha value is -3.83. The molecule has 0 aliphatic carbocycles. The van der Waals surface area contributed by atoms with E-state index in [0.29, 0.717) is 0 Å². The molecule has 29 heavy (non-hydrogen) atoms. The predicted molar refractivity (Wildman–Crippen MR) is 102 cm³/mol. The molecule has 3 rings (SSSR count). The van der Waals surface area contributed by atoms with Crippen molar-refractivity contribution in [1.82, 2.24) is 9.47 Å². The highest BCUT2D eigenvalue weighted by molar-refractivity contribution is 9.10. The van der Waals surface area contributed by atoms with Crippen LogP contribution in [-0.2, 0) is 7.05 Å². The molecule has 1 aromatic heterocycles. The minimum absolute atomic E-state index is 0.0374. The number of pyridine rings is 1. The Balaban J connectivity index is 2.26. The van der Waals surface area contributed by atoms with Crippen molar-refractivity contribution in [2.45, 2.75) is 6.92 Å². The molecular formula is C18H11BrN6O4. The summed E-state index contributed by atoms with van der Waals surface area (Å²) >= 11 is 3.20. The number of aromatic nitrogens is 1.